The lowest BCUT2D eigenvalue weighted by Gasteiger charge is -2.25. The molecule has 2 aliphatic heterocycles. The number of hydrogen-bond acceptors (Lipinski definition) is 6. The first kappa shape index (κ1) is 17.4. The summed E-state index contributed by atoms with van der Waals surface area (Å²) < 4.78 is 25.4. The van der Waals surface area contributed by atoms with Crippen LogP contribution in [-0.4, -0.2) is 54.3 Å². The Morgan fingerprint density at radius 3 is 2.80 bits per heavy atom. The van der Waals surface area contributed by atoms with E-state index in [1.807, 2.05) is 0 Å². The van der Waals surface area contributed by atoms with E-state index in [2.05, 4.69) is 5.32 Å². The summed E-state index contributed by atoms with van der Waals surface area (Å²) in [4.78, 5) is 24.9. The van der Waals surface area contributed by atoms with E-state index in [9.17, 15) is 14.0 Å². The largest absolute Gasteiger partial charge is 0.488 e. The molecule has 134 valence electrons. The number of imide groups is 1. The number of amides is 2. The van der Waals surface area contributed by atoms with Crippen LogP contribution in [-0.2, 0) is 14.3 Å². The first-order valence-electron chi connectivity index (χ1n) is 8.08. The van der Waals surface area contributed by atoms with Gasteiger partial charge in [0.1, 0.15) is 29.1 Å². The number of carbonyl (C=O) groups is 2. The molecule has 2 aliphatic rings. The van der Waals surface area contributed by atoms with Crippen molar-refractivity contribution in [2.75, 3.05) is 31.7 Å². The maximum Gasteiger partial charge on any atom is 0.277 e. The Morgan fingerprint density at radius 2 is 2.08 bits per heavy atom. The van der Waals surface area contributed by atoms with Gasteiger partial charge in [0.15, 0.2) is 0 Å². The average Bonchev–Trinajstić information content (AvgIpc) is 2.87. The van der Waals surface area contributed by atoms with E-state index in [0.717, 1.165) is 11.0 Å². The summed E-state index contributed by atoms with van der Waals surface area (Å²) in [6, 6.07) is 4.36. The molecule has 1 aromatic carbocycles. The second-order valence-corrected chi connectivity index (χ2v) is 5.74. The molecule has 7 nitrogen and oxygen atoms in total. The number of rotatable bonds is 6. The molecular formula is C17H19FN2O5. The molecule has 0 radical (unpaired) electrons. The smallest absolute Gasteiger partial charge is 0.277 e. The van der Waals surface area contributed by atoms with Crippen LogP contribution >= 0.6 is 0 Å². The molecule has 0 atom stereocenters. The number of hydrogen-bond donors (Lipinski definition) is 2. The number of anilines is 1. The third-order valence-electron chi connectivity index (χ3n) is 4.03. The van der Waals surface area contributed by atoms with E-state index in [1.165, 1.54) is 12.1 Å². The summed E-state index contributed by atoms with van der Waals surface area (Å²) in [6.45, 7) is 0.715. The average molecular weight is 350 g/mol. The lowest BCUT2D eigenvalue weighted by atomic mass is 10.1. The van der Waals surface area contributed by atoms with E-state index in [-0.39, 0.29) is 36.4 Å². The Labute approximate surface area is 144 Å². The van der Waals surface area contributed by atoms with Gasteiger partial charge in [-0.1, -0.05) is 6.07 Å². The van der Waals surface area contributed by atoms with Crippen molar-refractivity contribution in [2.45, 2.75) is 18.9 Å². The molecule has 2 N–H and O–H groups in total. The molecule has 2 heterocycles. The molecule has 0 spiro atoms. The van der Waals surface area contributed by atoms with Gasteiger partial charge in [-0.2, -0.15) is 0 Å². The maximum atomic E-state index is 14.3. The van der Waals surface area contributed by atoms with Gasteiger partial charge in [0.05, 0.1) is 26.4 Å². The zero-order chi connectivity index (χ0) is 17.8. The number of ether oxygens (including phenoxy) is 2. The number of carbonyl (C=O) groups excluding carboxylic acids is 2. The highest BCUT2D eigenvalue weighted by Gasteiger charge is 2.31. The predicted octanol–water partition coefficient (Wildman–Crippen LogP) is 1.04. The van der Waals surface area contributed by atoms with E-state index in [1.54, 1.807) is 6.07 Å². The summed E-state index contributed by atoms with van der Waals surface area (Å²) in [6.07, 6.45) is 2.38. The van der Waals surface area contributed by atoms with Crippen molar-refractivity contribution in [2.24, 2.45) is 0 Å². The van der Waals surface area contributed by atoms with E-state index in [0.29, 0.717) is 26.1 Å². The SMILES string of the molecule is O=C1C=C(Nc2c(F)cccc2OC2CCOCC2)C(=O)N1CCO. The van der Waals surface area contributed by atoms with Gasteiger partial charge >= 0.3 is 0 Å². The predicted molar refractivity (Wildman–Crippen MR) is 86.4 cm³/mol. The highest BCUT2D eigenvalue weighted by atomic mass is 19.1. The van der Waals surface area contributed by atoms with E-state index < -0.39 is 17.6 Å². The summed E-state index contributed by atoms with van der Waals surface area (Å²) >= 11 is 0. The van der Waals surface area contributed by atoms with Crippen molar-refractivity contribution in [3.8, 4) is 5.75 Å². The van der Waals surface area contributed by atoms with E-state index >= 15 is 0 Å². The maximum absolute atomic E-state index is 14.3. The van der Waals surface area contributed by atoms with Gasteiger partial charge < -0.3 is 19.9 Å². The van der Waals surface area contributed by atoms with Crippen molar-refractivity contribution in [3.63, 3.8) is 0 Å². The van der Waals surface area contributed by atoms with Crippen LogP contribution in [0, 0.1) is 5.82 Å². The third-order valence-corrected chi connectivity index (χ3v) is 4.03. The number of aliphatic hydroxyl groups is 1. The molecule has 0 unspecified atom stereocenters. The lowest BCUT2D eigenvalue weighted by Crippen LogP contribution is -2.34. The van der Waals surface area contributed by atoms with E-state index in [4.69, 9.17) is 14.6 Å². The van der Waals surface area contributed by atoms with Crippen LogP contribution in [0.1, 0.15) is 12.8 Å². The molecule has 25 heavy (non-hydrogen) atoms. The minimum atomic E-state index is -0.612. The van der Waals surface area contributed by atoms with Gasteiger partial charge in [-0.3, -0.25) is 14.5 Å². The normalized spacial score (nSPS) is 18.5. The van der Waals surface area contributed by atoms with Gasteiger partial charge in [-0.25, -0.2) is 4.39 Å². The van der Waals surface area contributed by atoms with Gasteiger partial charge in [0.25, 0.3) is 11.8 Å². The van der Waals surface area contributed by atoms with Crippen molar-refractivity contribution >= 4 is 17.5 Å². The molecule has 1 fully saturated rings. The van der Waals surface area contributed by atoms with Crippen LogP contribution in [0.4, 0.5) is 10.1 Å². The second kappa shape index (κ2) is 7.62. The van der Waals surface area contributed by atoms with Gasteiger partial charge in [0, 0.05) is 18.9 Å². The van der Waals surface area contributed by atoms with Crippen LogP contribution in [0.3, 0.4) is 0 Å². The quantitative estimate of drug-likeness (QED) is 0.746. The fourth-order valence-corrected chi connectivity index (χ4v) is 2.74. The first-order valence-corrected chi connectivity index (χ1v) is 8.08. The first-order chi connectivity index (χ1) is 12.1. The van der Waals surface area contributed by atoms with Crippen LogP contribution in [0.2, 0.25) is 0 Å². The second-order valence-electron chi connectivity index (χ2n) is 5.74. The summed E-state index contributed by atoms with van der Waals surface area (Å²) in [5.74, 6) is -1.48. The van der Waals surface area contributed by atoms with Gasteiger partial charge in [0.2, 0.25) is 0 Å². The Kier molecular flexibility index (Phi) is 5.30. The number of nitrogens with zero attached hydrogens (tertiary/aromatic N) is 1. The molecular weight excluding hydrogens is 331 g/mol. The monoisotopic (exact) mass is 350 g/mol. The molecule has 0 aromatic heterocycles. The lowest BCUT2D eigenvalue weighted by molar-refractivity contribution is -0.137. The van der Waals surface area contributed by atoms with Crippen LogP contribution in [0.25, 0.3) is 0 Å². The molecule has 0 bridgehead atoms. The fourth-order valence-electron chi connectivity index (χ4n) is 2.74. The van der Waals surface area contributed by atoms with Crippen LogP contribution in [0.5, 0.6) is 5.75 Å². The zero-order valence-corrected chi connectivity index (χ0v) is 13.5. The topological polar surface area (TPSA) is 88.1 Å². The number of nitrogens with one attached hydrogen (secondary N) is 1. The number of halogens is 1. The highest BCUT2D eigenvalue weighted by molar-refractivity contribution is 6.17. The number of β-amino-alcohol motifs (C(OH)–C–C–N with tert-alkyl or cyclic N) is 1. The number of benzene rings is 1. The van der Waals surface area contributed by atoms with Crippen molar-refractivity contribution in [1.29, 1.82) is 0 Å². The standard InChI is InChI=1S/C17H19FN2O5/c18-12-2-1-3-14(25-11-4-8-24-9-5-11)16(12)19-13-10-15(22)20(6-7-21)17(13)23/h1-3,10-11,19,21H,4-9H2. The fraction of sp³-hybridized carbons (Fsp3) is 0.412. The minimum Gasteiger partial charge on any atom is -0.488 e. The Balaban J connectivity index is 1.79. The molecule has 2 amide bonds. The summed E-state index contributed by atoms with van der Waals surface area (Å²) in [7, 11) is 0. The molecule has 3 rings (SSSR count). The number of para-hydroxylation sites is 1. The zero-order valence-electron chi connectivity index (χ0n) is 13.5. The van der Waals surface area contributed by atoms with Gasteiger partial charge in [-0.15, -0.1) is 0 Å². The molecule has 1 saturated heterocycles. The van der Waals surface area contributed by atoms with Crippen molar-refractivity contribution in [3.05, 3.63) is 35.8 Å². The molecule has 0 saturated carbocycles. The molecule has 1 aromatic rings. The molecule has 0 aliphatic carbocycles. The Morgan fingerprint density at radius 1 is 1.32 bits per heavy atom. The number of aliphatic hydroxyl groups excluding tert-OH is 1. The Bertz CT molecular complexity index is 700. The third kappa shape index (κ3) is 3.80. The van der Waals surface area contributed by atoms with Crippen LogP contribution in [0.15, 0.2) is 30.0 Å². The summed E-state index contributed by atoms with van der Waals surface area (Å²) in [5, 5.41) is 11.6. The minimum absolute atomic E-state index is 0.00670. The molecule has 8 heteroatoms. The summed E-state index contributed by atoms with van der Waals surface area (Å²) in [5.41, 5.74) is -0.0485. The van der Waals surface area contributed by atoms with Crippen LogP contribution < -0.4 is 10.1 Å². The van der Waals surface area contributed by atoms with Gasteiger partial charge in [-0.05, 0) is 12.1 Å². The van der Waals surface area contributed by atoms with Crippen molar-refractivity contribution < 1.29 is 28.6 Å². The van der Waals surface area contributed by atoms with Crippen molar-refractivity contribution in [1.82, 2.24) is 4.90 Å². The highest BCUT2D eigenvalue weighted by Crippen LogP contribution is 2.32. The Hall–Kier alpha value is -2.45.